The average molecular weight is 402 g/mol. The van der Waals surface area contributed by atoms with Crippen LogP contribution in [0.2, 0.25) is 0 Å². The number of hydrogen-bond acceptors (Lipinski definition) is 8. The summed E-state index contributed by atoms with van der Waals surface area (Å²) in [6, 6.07) is 10.5. The molecule has 0 atom stereocenters. The minimum Gasteiger partial charge on any atom is -0.441 e. The van der Waals surface area contributed by atoms with Gasteiger partial charge in [0, 0.05) is 44.7 Å². The van der Waals surface area contributed by atoms with Crippen molar-refractivity contribution in [3.63, 3.8) is 0 Å². The lowest BCUT2D eigenvalue weighted by Crippen LogP contribution is -2.61. The highest BCUT2D eigenvalue weighted by molar-refractivity contribution is 5.81. The van der Waals surface area contributed by atoms with E-state index in [4.69, 9.17) is 19.1 Å². The molecule has 0 unspecified atom stereocenters. The van der Waals surface area contributed by atoms with Gasteiger partial charge in [0.1, 0.15) is 16.9 Å². The molecule has 6 rings (SSSR count). The van der Waals surface area contributed by atoms with Crippen LogP contribution in [0.5, 0.6) is 0 Å². The van der Waals surface area contributed by atoms with E-state index in [1.807, 2.05) is 43.5 Å². The number of aryl methyl sites for hydroxylation is 1. The van der Waals surface area contributed by atoms with E-state index in [9.17, 15) is 0 Å². The van der Waals surface area contributed by atoms with E-state index in [1.165, 1.54) is 0 Å². The summed E-state index contributed by atoms with van der Waals surface area (Å²) < 4.78 is 11.0. The number of nitrogens with zero attached hydrogens (tertiary/aromatic N) is 6. The highest BCUT2D eigenvalue weighted by Gasteiger charge is 2.33. The summed E-state index contributed by atoms with van der Waals surface area (Å²) in [4.78, 5) is 23.4. The number of anilines is 1. The Morgan fingerprint density at radius 2 is 1.83 bits per heavy atom. The molecule has 0 spiro atoms. The van der Waals surface area contributed by atoms with Gasteiger partial charge in [-0.15, -0.1) is 0 Å². The third kappa shape index (κ3) is 3.09. The molecular weight excluding hydrogens is 380 g/mol. The standard InChI is InChI=1S/C22H22N6O2/c1-14-24-19-10-15(2-5-20(19)30-14)17-3-4-18-22(25-17)26-21(11-23-18)28-12-16(13-28)27-6-8-29-9-7-27/h2-5,10-11,16H,6-9,12-13H2,1H3. The Morgan fingerprint density at radius 1 is 0.967 bits per heavy atom. The molecular formula is C22H22N6O2. The number of fused-ring (bicyclic) bond motifs is 2. The first kappa shape index (κ1) is 17.7. The van der Waals surface area contributed by atoms with Crippen LogP contribution in [0, 0.1) is 6.92 Å². The SMILES string of the molecule is Cc1nc2cc(-c3ccc4ncc(N5CC(N6CCOCC6)C5)nc4n3)ccc2o1. The first-order chi connectivity index (χ1) is 14.7. The first-order valence-corrected chi connectivity index (χ1v) is 10.3. The van der Waals surface area contributed by atoms with Gasteiger partial charge in [0.05, 0.1) is 25.1 Å². The van der Waals surface area contributed by atoms with Crippen molar-refractivity contribution in [2.75, 3.05) is 44.3 Å². The molecule has 0 N–H and O–H groups in total. The zero-order chi connectivity index (χ0) is 20.1. The molecule has 0 saturated carbocycles. The van der Waals surface area contributed by atoms with Crippen LogP contribution in [0.3, 0.4) is 0 Å². The van der Waals surface area contributed by atoms with Crippen molar-refractivity contribution < 1.29 is 9.15 Å². The van der Waals surface area contributed by atoms with E-state index < -0.39 is 0 Å². The molecule has 3 aromatic heterocycles. The summed E-state index contributed by atoms with van der Waals surface area (Å²) in [5.41, 5.74) is 4.92. The van der Waals surface area contributed by atoms with E-state index in [-0.39, 0.29) is 0 Å². The molecule has 8 nitrogen and oxygen atoms in total. The fourth-order valence-electron chi connectivity index (χ4n) is 4.22. The minimum atomic E-state index is 0.573. The predicted octanol–water partition coefficient (Wildman–Crippen LogP) is 2.66. The number of hydrogen-bond donors (Lipinski definition) is 0. The maximum atomic E-state index is 5.57. The minimum absolute atomic E-state index is 0.573. The van der Waals surface area contributed by atoms with Crippen LogP contribution in [0.15, 0.2) is 40.9 Å². The van der Waals surface area contributed by atoms with Gasteiger partial charge in [0.25, 0.3) is 0 Å². The van der Waals surface area contributed by atoms with Crippen molar-refractivity contribution in [3.8, 4) is 11.3 Å². The summed E-state index contributed by atoms with van der Waals surface area (Å²) in [5, 5.41) is 0. The van der Waals surface area contributed by atoms with Crippen LogP contribution < -0.4 is 4.90 Å². The van der Waals surface area contributed by atoms with Crippen LogP contribution in [0.1, 0.15) is 5.89 Å². The van der Waals surface area contributed by atoms with Gasteiger partial charge >= 0.3 is 0 Å². The number of oxazole rings is 1. The third-order valence-corrected chi connectivity index (χ3v) is 5.93. The second kappa shape index (κ2) is 7.00. The van der Waals surface area contributed by atoms with Gasteiger partial charge in [-0.1, -0.05) is 0 Å². The van der Waals surface area contributed by atoms with Crippen LogP contribution in [-0.2, 0) is 4.74 Å². The number of pyridine rings is 1. The topological polar surface area (TPSA) is 80.4 Å². The largest absolute Gasteiger partial charge is 0.441 e. The Hall–Kier alpha value is -3.10. The molecule has 0 radical (unpaired) electrons. The van der Waals surface area contributed by atoms with Gasteiger partial charge in [0.15, 0.2) is 17.1 Å². The number of aromatic nitrogens is 4. The van der Waals surface area contributed by atoms with Gasteiger partial charge in [-0.2, -0.15) is 0 Å². The predicted molar refractivity (Wildman–Crippen MR) is 113 cm³/mol. The van der Waals surface area contributed by atoms with Crippen molar-refractivity contribution in [1.82, 2.24) is 24.8 Å². The molecule has 2 saturated heterocycles. The van der Waals surface area contributed by atoms with Gasteiger partial charge in [0.2, 0.25) is 0 Å². The Bertz CT molecular complexity index is 1230. The second-order valence-corrected chi connectivity index (χ2v) is 7.89. The lowest BCUT2D eigenvalue weighted by Gasteiger charge is -2.46. The van der Waals surface area contributed by atoms with Crippen LogP contribution in [0.25, 0.3) is 33.5 Å². The van der Waals surface area contributed by atoms with Crippen molar-refractivity contribution in [1.29, 1.82) is 0 Å². The molecule has 4 aromatic rings. The first-order valence-electron chi connectivity index (χ1n) is 10.3. The Kier molecular flexibility index (Phi) is 4.14. The maximum absolute atomic E-state index is 5.57. The molecule has 2 fully saturated rings. The van der Waals surface area contributed by atoms with Crippen molar-refractivity contribution in [2.24, 2.45) is 0 Å². The fourth-order valence-corrected chi connectivity index (χ4v) is 4.22. The van der Waals surface area contributed by atoms with Crippen molar-refractivity contribution in [3.05, 3.63) is 42.4 Å². The summed E-state index contributed by atoms with van der Waals surface area (Å²) in [5.74, 6) is 1.55. The summed E-state index contributed by atoms with van der Waals surface area (Å²) in [6.07, 6.45) is 1.85. The van der Waals surface area contributed by atoms with Gasteiger partial charge < -0.3 is 14.1 Å². The zero-order valence-corrected chi connectivity index (χ0v) is 16.8. The Labute approximate surface area is 173 Å². The number of benzene rings is 1. The summed E-state index contributed by atoms with van der Waals surface area (Å²) in [6.45, 7) is 7.50. The van der Waals surface area contributed by atoms with Crippen LogP contribution in [0.4, 0.5) is 5.82 Å². The van der Waals surface area contributed by atoms with Gasteiger partial charge in [-0.3, -0.25) is 4.90 Å². The Balaban J connectivity index is 1.26. The van der Waals surface area contributed by atoms with Crippen molar-refractivity contribution in [2.45, 2.75) is 13.0 Å². The quantitative estimate of drug-likeness (QED) is 0.517. The van der Waals surface area contributed by atoms with E-state index in [1.54, 1.807) is 0 Å². The van der Waals surface area contributed by atoms with Gasteiger partial charge in [-0.25, -0.2) is 19.9 Å². The second-order valence-electron chi connectivity index (χ2n) is 7.89. The molecule has 30 heavy (non-hydrogen) atoms. The molecule has 8 heteroatoms. The smallest absolute Gasteiger partial charge is 0.192 e. The Morgan fingerprint density at radius 3 is 2.70 bits per heavy atom. The molecule has 2 aliphatic heterocycles. The third-order valence-electron chi connectivity index (χ3n) is 5.93. The zero-order valence-electron chi connectivity index (χ0n) is 16.8. The number of rotatable bonds is 3. The maximum Gasteiger partial charge on any atom is 0.192 e. The molecule has 5 heterocycles. The highest BCUT2D eigenvalue weighted by Crippen LogP contribution is 2.27. The van der Waals surface area contributed by atoms with E-state index >= 15 is 0 Å². The van der Waals surface area contributed by atoms with E-state index in [0.717, 1.165) is 73.1 Å². The van der Waals surface area contributed by atoms with Crippen LogP contribution in [-0.4, -0.2) is 70.3 Å². The number of morpholine rings is 1. The number of ether oxygens (including phenoxy) is 1. The lowest BCUT2D eigenvalue weighted by molar-refractivity contribution is 0.0104. The molecule has 1 aromatic carbocycles. The molecule has 0 amide bonds. The van der Waals surface area contributed by atoms with Crippen LogP contribution >= 0.6 is 0 Å². The summed E-state index contributed by atoms with van der Waals surface area (Å²) >= 11 is 0. The van der Waals surface area contributed by atoms with Crippen molar-refractivity contribution >= 4 is 28.1 Å². The summed E-state index contributed by atoms with van der Waals surface area (Å²) in [7, 11) is 0. The lowest BCUT2D eigenvalue weighted by atomic mass is 10.1. The molecule has 0 bridgehead atoms. The highest BCUT2D eigenvalue weighted by atomic mass is 16.5. The van der Waals surface area contributed by atoms with E-state index in [0.29, 0.717) is 17.6 Å². The van der Waals surface area contributed by atoms with E-state index in [2.05, 4.69) is 19.8 Å². The average Bonchev–Trinajstić information content (AvgIpc) is 3.12. The molecule has 0 aliphatic carbocycles. The normalized spacial score (nSPS) is 18.2. The molecule has 152 valence electrons. The fraction of sp³-hybridized carbons (Fsp3) is 0.364. The van der Waals surface area contributed by atoms with Gasteiger partial charge in [-0.05, 0) is 30.3 Å². The monoisotopic (exact) mass is 402 g/mol. The molecule has 2 aliphatic rings.